The van der Waals surface area contributed by atoms with E-state index in [9.17, 15) is 4.79 Å². The third-order valence-electron chi connectivity index (χ3n) is 3.74. The van der Waals surface area contributed by atoms with Crippen LogP contribution in [0.4, 0.5) is 5.69 Å². The molecule has 0 unspecified atom stereocenters. The minimum atomic E-state index is 0.0194. The maximum Gasteiger partial charge on any atom is 0.227 e. The average Bonchev–Trinajstić information content (AvgIpc) is 2.48. The summed E-state index contributed by atoms with van der Waals surface area (Å²) in [5.41, 5.74) is 0.810. The molecular weight excluding hydrogens is 242 g/mol. The van der Waals surface area contributed by atoms with Crippen LogP contribution in [0.2, 0.25) is 0 Å². The lowest BCUT2D eigenvalue weighted by molar-refractivity contribution is -0.122. The molecule has 1 aromatic rings. The first-order chi connectivity index (χ1) is 9.20. The zero-order chi connectivity index (χ0) is 13.7. The molecule has 2 rings (SSSR count). The number of ether oxygens (including phenoxy) is 2. The number of methoxy groups -OCH3 is 1. The van der Waals surface area contributed by atoms with E-state index in [-0.39, 0.29) is 11.8 Å². The van der Waals surface area contributed by atoms with Crippen LogP contribution < -0.4 is 10.1 Å². The molecule has 0 radical (unpaired) electrons. The molecule has 1 N–H and O–H groups in total. The summed E-state index contributed by atoms with van der Waals surface area (Å²) in [6, 6.07) is 7.39. The summed E-state index contributed by atoms with van der Waals surface area (Å²) >= 11 is 0. The lowest BCUT2D eigenvalue weighted by Crippen LogP contribution is -2.30. The highest BCUT2D eigenvalue weighted by molar-refractivity contribution is 5.92. The first-order valence-corrected chi connectivity index (χ1v) is 6.73. The zero-order valence-corrected chi connectivity index (χ0v) is 11.5. The van der Waals surface area contributed by atoms with Gasteiger partial charge in [0, 0.05) is 24.8 Å². The van der Waals surface area contributed by atoms with Crippen molar-refractivity contribution in [2.75, 3.05) is 25.6 Å². The number of anilines is 1. The molecule has 1 fully saturated rings. The van der Waals surface area contributed by atoms with Gasteiger partial charge in [-0.2, -0.15) is 0 Å². The first kappa shape index (κ1) is 13.9. The Labute approximate surface area is 114 Å². The molecule has 1 heterocycles. The summed E-state index contributed by atoms with van der Waals surface area (Å²) < 4.78 is 10.4. The topological polar surface area (TPSA) is 47.6 Å². The van der Waals surface area contributed by atoms with Gasteiger partial charge in [-0.15, -0.1) is 0 Å². The number of nitrogens with one attached hydrogen (secondary N) is 1. The molecule has 1 saturated heterocycles. The summed E-state index contributed by atoms with van der Waals surface area (Å²) in [6.45, 7) is 3.53. The number of carbonyl (C=O) groups excluding carboxylic acids is 1. The number of amides is 1. The fraction of sp³-hybridized carbons (Fsp3) is 0.533. The molecular formula is C15H21NO3. The molecule has 1 aliphatic rings. The molecule has 0 bridgehead atoms. The van der Waals surface area contributed by atoms with Crippen molar-refractivity contribution in [3.8, 4) is 5.75 Å². The number of hydrogen-bond donors (Lipinski definition) is 1. The predicted octanol–water partition coefficient (Wildman–Crippen LogP) is 2.70. The van der Waals surface area contributed by atoms with Crippen LogP contribution in [-0.2, 0) is 9.53 Å². The van der Waals surface area contributed by atoms with Gasteiger partial charge in [-0.3, -0.25) is 4.79 Å². The van der Waals surface area contributed by atoms with E-state index in [1.807, 2.05) is 31.2 Å². The van der Waals surface area contributed by atoms with Crippen LogP contribution >= 0.6 is 0 Å². The maximum atomic E-state index is 12.2. The molecule has 104 valence electrons. The summed E-state index contributed by atoms with van der Waals surface area (Å²) in [6.07, 6.45) is 1.94. The highest BCUT2D eigenvalue weighted by Crippen LogP contribution is 2.25. The van der Waals surface area contributed by atoms with E-state index in [1.54, 1.807) is 7.11 Å². The molecule has 4 heteroatoms. The van der Waals surface area contributed by atoms with Gasteiger partial charge in [-0.1, -0.05) is 6.92 Å². The summed E-state index contributed by atoms with van der Waals surface area (Å²) in [5.74, 6) is 1.31. The summed E-state index contributed by atoms with van der Waals surface area (Å²) in [7, 11) is 1.63. The Kier molecular flexibility index (Phi) is 4.80. The van der Waals surface area contributed by atoms with Crippen LogP contribution in [0.1, 0.15) is 19.8 Å². The van der Waals surface area contributed by atoms with Crippen LogP contribution in [0.25, 0.3) is 0 Å². The molecule has 1 atom stereocenters. The highest BCUT2D eigenvalue weighted by atomic mass is 16.5. The van der Waals surface area contributed by atoms with Crippen molar-refractivity contribution in [3.63, 3.8) is 0 Å². The molecule has 4 nitrogen and oxygen atoms in total. The molecule has 1 amide bonds. The van der Waals surface area contributed by atoms with Crippen LogP contribution in [0.5, 0.6) is 5.75 Å². The Hall–Kier alpha value is -1.55. The minimum absolute atomic E-state index is 0.0194. The lowest BCUT2D eigenvalue weighted by atomic mass is 9.87. The van der Waals surface area contributed by atoms with E-state index >= 15 is 0 Å². The van der Waals surface area contributed by atoms with E-state index in [0.717, 1.165) is 37.5 Å². The van der Waals surface area contributed by atoms with Gasteiger partial charge in [0.2, 0.25) is 5.91 Å². The van der Waals surface area contributed by atoms with Gasteiger partial charge in [-0.05, 0) is 43.0 Å². The van der Waals surface area contributed by atoms with E-state index in [0.29, 0.717) is 5.92 Å². The van der Waals surface area contributed by atoms with Crippen molar-refractivity contribution >= 4 is 11.6 Å². The molecule has 0 saturated carbocycles. The normalized spacial score (nSPS) is 17.8. The Bertz CT molecular complexity index is 410. The zero-order valence-electron chi connectivity index (χ0n) is 11.5. The molecule has 1 aromatic carbocycles. The van der Waals surface area contributed by atoms with E-state index in [4.69, 9.17) is 9.47 Å². The van der Waals surface area contributed by atoms with Crippen molar-refractivity contribution in [2.24, 2.45) is 11.8 Å². The maximum absolute atomic E-state index is 12.2. The monoisotopic (exact) mass is 263 g/mol. The highest BCUT2D eigenvalue weighted by Gasteiger charge is 2.25. The fourth-order valence-corrected chi connectivity index (χ4v) is 2.36. The van der Waals surface area contributed by atoms with Crippen molar-refractivity contribution in [3.05, 3.63) is 24.3 Å². The number of carbonyl (C=O) groups is 1. The molecule has 1 aliphatic heterocycles. The van der Waals surface area contributed by atoms with Crippen LogP contribution in [-0.4, -0.2) is 26.2 Å². The van der Waals surface area contributed by atoms with E-state index in [2.05, 4.69) is 5.32 Å². The second-order valence-electron chi connectivity index (χ2n) is 4.96. The fourth-order valence-electron chi connectivity index (χ4n) is 2.36. The first-order valence-electron chi connectivity index (χ1n) is 6.73. The number of benzene rings is 1. The quantitative estimate of drug-likeness (QED) is 0.908. The third-order valence-corrected chi connectivity index (χ3v) is 3.74. The van der Waals surface area contributed by atoms with Gasteiger partial charge in [0.25, 0.3) is 0 Å². The van der Waals surface area contributed by atoms with Crippen LogP contribution in [0, 0.1) is 11.8 Å². The molecule has 0 spiro atoms. The van der Waals surface area contributed by atoms with Gasteiger partial charge < -0.3 is 14.8 Å². The number of rotatable bonds is 4. The van der Waals surface area contributed by atoms with Crippen molar-refractivity contribution < 1.29 is 14.3 Å². The molecule has 0 aliphatic carbocycles. The number of hydrogen-bond acceptors (Lipinski definition) is 3. The van der Waals surface area contributed by atoms with Gasteiger partial charge in [0.15, 0.2) is 0 Å². The van der Waals surface area contributed by atoms with Gasteiger partial charge in [-0.25, -0.2) is 0 Å². The third kappa shape index (κ3) is 3.70. The summed E-state index contributed by atoms with van der Waals surface area (Å²) in [5, 5.41) is 2.95. The van der Waals surface area contributed by atoms with Crippen LogP contribution in [0.3, 0.4) is 0 Å². The van der Waals surface area contributed by atoms with Gasteiger partial charge in [0.05, 0.1) is 7.11 Å². The average molecular weight is 263 g/mol. The Morgan fingerprint density at radius 3 is 2.53 bits per heavy atom. The smallest absolute Gasteiger partial charge is 0.227 e. The minimum Gasteiger partial charge on any atom is -0.497 e. The second kappa shape index (κ2) is 6.57. The Morgan fingerprint density at radius 2 is 1.95 bits per heavy atom. The Morgan fingerprint density at radius 1 is 1.32 bits per heavy atom. The lowest BCUT2D eigenvalue weighted by Gasteiger charge is -2.26. The second-order valence-corrected chi connectivity index (χ2v) is 4.96. The van der Waals surface area contributed by atoms with Gasteiger partial charge in [0.1, 0.15) is 5.75 Å². The predicted molar refractivity (Wildman–Crippen MR) is 74.3 cm³/mol. The van der Waals surface area contributed by atoms with E-state index in [1.165, 1.54) is 0 Å². The Balaban J connectivity index is 1.91. The molecule has 19 heavy (non-hydrogen) atoms. The largest absolute Gasteiger partial charge is 0.497 e. The molecule has 0 aromatic heterocycles. The standard InChI is InChI=1S/C15H21NO3/c1-11(12-7-9-19-10-8-12)15(17)16-13-3-5-14(18-2)6-4-13/h3-6,11-12H,7-10H2,1-2H3,(H,16,17)/t11-/m0/s1. The SMILES string of the molecule is COc1ccc(NC(=O)[C@@H](C)C2CCOCC2)cc1. The van der Waals surface area contributed by atoms with Crippen molar-refractivity contribution in [1.82, 2.24) is 0 Å². The van der Waals surface area contributed by atoms with Gasteiger partial charge >= 0.3 is 0 Å². The summed E-state index contributed by atoms with van der Waals surface area (Å²) in [4.78, 5) is 12.2. The van der Waals surface area contributed by atoms with Crippen LogP contribution in [0.15, 0.2) is 24.3 Å². The van der Waals surface area contributed by atoms with E-state index < -0.39 is 0 Å². The van der Waals surface area contributed by atoms with Crippen molar-refractivity contribution in [2.45, 2.75) is 19.8 Å². The van der Waals surface area contributed by atoms with Crippen molar-refractivity contribution in [1.29, 1.82) is 0 Å².